The second-order valence-electron chi connectivity index (χ2n) is 7.28. The van der Waals surface area contributed by atoms with Crippen LogP contribution in [0.1, 0.15) is 24.0 Å². The second kappa shape index (κ2) is 7.37. The van der Waals surface area contributed by atoms with Crippen LogP contribution in [-0.4, -0.2) is 38.2 Å². The third kappa shape index (κ3) is 3.40. The molecule has 9 heteroatoms. The maximum Gasteiger partial charge on any atom is 0.293 e. The van der Waals surface area contributed by atoms with Crippen molar-refractivity contribution in [2.45, 2.75) is 24.5 Å². The minimum absolute atomic E-state index is 0.173. The molecule has 1 atom stereocenters. The van der Waals surface area contributed by atoms with Gasteiger partial charge in [-0.05, 0) is 43.0 Å². The van der Waals surface area contributed by atoms with Gasteiger partial charge < -0.3 is 4.90 Å². The quantitative estimate of drug-likeness (QED) is 0.564. The van der Waals surface area contributed by atoms with Gasteiger partial charge in [-0.2, -0.15) is 5.26 Å². The van der Waals surface area contributed by atoms with Crippen molar-refractivity contribution >= 4 is 27.1 Å². The first-order valence-corrected chi connectivity index (χ1v) is 10.9. The average Bonchev–Trinajstić information content (AvgIpc) is 3.18. The Morgan fingerprint density at radius 3 is 2.69 bits per heavy atom. The highest BCUT2D eigenvalue weighted by molar-refractivity contribution is 7.93. The van der Waals surface area contributed by atoms with E-state index in [1.807, 2.05) is 30.3 Å². The Balaban J connectivity index is 1.63. The number of nitro benzene ring substituents is 1. The summed E-state index contributed by atoms with van der Waals surface area (Å²) >= 11 is 0. The van der Waals surface area contributed by atoms with E-state index >= 15 is 0 Å². The number of hydrogen-bond acceptors (Lipinski definition) is 6. The molecule has 150 valence electrons. The van der Waals surface area contributed by atoms with Gasteiger partial charge in [-0.1, -0.05) is 18.2 Å². The van der Waals surface area contributed by atoms with Crippen LogP contribution in [-0.2, 0) is 16.4 Å². The molecule has 0 radical (unpaired) electrons. The molecule has 1 saturated heterocycles. The molecule has 0 amide bonds. The van der Waals surface area contributed by atoms with E-state index in [4.69, 9.17) is 5.26 Å². The topological polar surface area (TPSA) is 108 Å². The number of anilines is 2. The highest BCUT2D eigenvalue weighted by Gasteiger charge is 2.39. The van der Waals surface area contributed by atoms with Crippen molar-refractivity contribution in [3.8, 4) is 6.07 Å². The third-order valence-corrected chi connectivity index (χ3v) is 7.81. The van der Waals surface area contributed by atoms with Crippen molar-refractivity contribution in [2.24, 2.45) is 0 Å². The summed E-state index contributed by atoms with van der Waals surface area (Å²) in [4.78, 5) is 12.7. The van der Waals surface area contributed by atoms with E-state index in [0.29, 0.717) is 38.0 Å². The fraction of sp³-hybridized carbons (Fsp3) is 0.350. The lowest BCUT2D eigenvalue weighted by Crippen LogP contribution is -2.48. The summed E-state index contributed by atoms with van der Waals surface area (Å²) in [5.41, 5.74) is 2.14. The van der Waals surface area contributed by atoms with E-state index in [9.17, 15) is 18.5 Å². The van der Waals surface area contributed by atoms with Crippen molar-refractivity contribution in [2.75, 3.05) is 28.8 Å². The van der Waals surface area contributed by atoms with E-state index in [1.165, 1.54) is 22.5 Å². The predicted octanol–water partition coefficient (Wildman–Crippen LogP) is 2.83. The standard InChI is InChI=1S/C20H20N4O4S/c21-13-15-7-8-19(20(12-15)24(25)26)22-10-3-5-17(14-22)29(27,28)23-11-9-16-4-1-2-6-18(16)23/h1-2,4,6-8,12,17H,3,5,9-11,14H2. The molecule has 1 unspecified atom stereocenters. The van der Waals surface area contributed by atoms with Gasteiger partial charge in [0.15, 0.2) is 0 Å². The Bertz CT molecular complexity index is 1110. The van der Waals surface area contributed by atoms with Crippen molar-refractivity contribution in [1.82, 2.24) is 0 Å². The van der Waals surface area contributed by atoms with Crippen LogP contribution in [0.15, 0.2) is 42.5 Å². The Hall–Kier alpha value is -3.12. The summed E-state index contributed by atoms with van der Waals surface area (Å²) in [5.74, 6) is 0. The molecule has 2 aromatic rings. The minimum Gasteiger partial charge on any atom is -0.365 e. The summed E-state index contributed by atoms with van der Waals surface area (Å²) in [7, 11) is -3.59. The summed E-state index contributed by atoms with van der Waals surface area (Å²) in [6, 6.07) is 13.7. The molecule has 2 aliphatic rings. The van der Waals surface area contributed by atoms with Crippen LogP contribution < -0.4 is 9.21 Å². The smallest absolute Gasteiger partial charge is 0.293 e. The summed E-state index contributed by atoms with van der Waals surface area (Å²) < 4.78 is 28.2. The lowest BCUT2D eigenvalue weighted by molar-refractivity contribution is -0.384. The number of fused-ring (bicyclic) bond motifs is 1. The monoisotopic (exact) mass is 412 g/mol. The first kappa shape index (κ1) is 19.2. The summed E-state index contributed by atoms with van der Waals surface area (Å²) in [6.07, 6.45) is 1.82. The lowest BCUT2D eigenvalue weighted by atomic mass is 10.1. The van der Waals surface area contributed by atoms with Crippen LogP contribution in [0.5, 0.6) is 0 Å². The molecular weight excluding hydrogens is 392 g/mol. The normalized spacial score (nSPS) is 18.9. The zero-order valence-corrected chi connectivity index (χ0v) is 16.5. The molecule has 29 heavy (non-hydrogen) atoms. The fourth-order valence-corrected chi connectivity index (χ4v) is 6.15. The first-order valence-electron chi connectivity index (χ1n) is 9.45. The molecule has 4 rings (SSSR count). The van der Waals surface area contributed by atoms with Gasteiger partial charge in [0.05, 0.1) is 27.5 Å². The average molecular weight is 412 g/mol. The largest absolute Gasteiger partial charge is 0.365 e. The molecule has 1 fully saturated rings. The number of nitriles is 1. The second-order valence-corrected chi connectivity index (χ2v) is 9.42. The van der Waals surface area contributed by atoms with Gasteiger partial charge in [0.1, 0.15) is 5.69 Å². The molecule has 2 aliphatic heterocycles. The van der Waals surface area contributed by atoms with E-state index in [-0.39, 0.29) is 17.8 Å². The number of nitrogens with zero attached hydrogens (tertiary/aromatic N) is 4. The molecule has 0 spiro atoms. The van der Waals surface area contributed by atoms with Crippen molar-refractivity contribution in [3.05, 3.63) is 63.7 Å². The van der Waals surface area contributed by atoms with Crippen LogP contribution in [0.4, 0.5) is 17.1 Å². The lowest BCUT2D eigenvalue weighted by Gasteiger charge is -2.36. The molecule has 2 aromatic carbocycles. The van der Waals surface area contributed by atoms with Gasteiger partial charge in [0.2, 0.25) is 10.0 Å². The fourth-order valence-electron chi connectivity index (χ4n) is 4.16. The number of nitro groups is 1. The molecule has 2 heterocycles. The molecular formula is C20H20N4O4S. The van der Waals surface area contributed by atoms with E-state index in [2.05, 4.69) is 0 Å². The molecule has 0 saturated carbocycles. The summed E-state index contributed by atoms with van der Waals surface area (Å²) in [5, 5.41) is 19.9. The van der Waals surface area contributed by atoms with Crippen molar-refractivity contribution in [3.63, 3.8) is 0 Å². The van der Waals surface area contributed by atoms with Crippen LogP contribution in [0, 0.1) is 21.4 Å². The maximum atomic E-state index is 13.4. The Morgan fingerprint density at radius 2 is 1.93 bits per heavy atom. The number of piperidine rings is 1. The van der Waals surface area contributed by atoms with Crippen LogP contribution in [0.2, 0.25) is 0 Å². The molecule has 8 nitrogen and oxygen atoms in total. The summed E-state index contributed by atoms with van der Waals surface area (Å²) in [6.45, 7) is 1.15. The minimum atomic E-state index is -3.59. The van der Waals surface area contributed by atoms with Crippen molar-refractivity contribution in [1.29, 1.82) is 5.26 Å². The van der Waals surface area contributed by atoms with Gasteiger partial charge in [-0.15, -0.1) is 0 Å². The Kier molecular flexibility index (Phi) is 4.88. The Labute approximate surface area is 169 Å². The van der Waals surface area contributed by atoms with E-state index in [1.54, 1.807) is 4.90 Å². The molecule has 0 N–H and O–H groups in total. The van der Waals surface area contributed by atoms with E-state index in [0.717, 1.165) is 11.3 Å². The number of benzene rings is 2. The predicted molar refractivity (Wildman–Crippen MR) is 109 cm³/mol. The van der Waals surface area contributed by atoms with Gasteiger partial charge in [0, 0.05) is 25.7 Å². The van der Waals surface area contributed by atoms with E-state index < -0.39 is 20.2 Å². The molecule has 0 bridgehead atoms. The van der Waals surface area contributed by atoms with Crippen LogP contribution in [0.25, 0.3) is 0 Å². The molecule has 0 aromatic heterocycles. The highest BCUT2D eigenvalue weighted by atomic mass is 32.2. The number of para-hydroxylation sites is 1. The third-order valence-electron chi connectivity index (χ3n) is 5.59. The SMILES string of the molecule is N#Cc1ccc(N2CCCC(S(=O)(=O)N3CCc4ccccc43)C2)c([N+](=O)[O-])c1. The van der Waals surface area contributed by atoms with Crippen molar-refractivity contribution < 1.29 is 13.3 Å². The maximum absolute atomic E-state index is 13.4. The van der Waals surface area contributed by atoms with Gasteiger partial charge in [0.25, 0.3) is 5.69 Å². The first-order chi connectivity index (χ1) is 13.9. The van der Waals surface area contributed by atoms with Crippen LogP contribution in [0.3, 0.4) is 0 Å². The number of hydrogen-bond donors (Lipinski definition) is 0. The van der Waals surface area contributed by atoms with Crippen LogP contribution >= 0.6 is 0 Å². The number of sulfonamides is 1. The zero-order valence-electron chi connectivity index (χ0n) is 15.7. The zero-order chi connectivity index (χ0) is 20.6. The van der Waals surface area contributed by atoms with Gasteiger partial charge in [-0.3, -0.25) is 14.4 Å². The highest BCUT2D eigenvalue weighted by Crippen LogP contribution is 2.36. The number of rotatable bonds is 4. The van der Waals surface area contributed by atoms with Gasteiger partial charge in [-0.25, -0.2) is 8.42 Å². The Morgan fingerprint density at radius 1 is 1.14 bits per heavy atom. The van der Waals surface area contributed by atoms with Gasteiger partial charge >= 0.3 is 0 Å². The molecule has 0 aliphatic carbocycles.